The molecule has 2 aromatic carbocycles. The molecule has 6 rings (SSSR count). The van der Waals surface area contributed by atoms with Gasteiger partial charge < -0.3 is 29.1 Å². The number of alkyl halides is 3. The lowest BCUT2D eigenvalue weighted by Gasteiger charge is -2.37. The first-order chi connectivity index (χ1) is 22.8. The molecule has 7 atom stereocenters. The van der Waals surface area contributed by atoms with E-state index in [4.69, 9.17) is 18.6 Å². The van der Waals surface area contributed by atoms with Crippen LogP contribution in [0.4, 0.5) is 18.0 Å². The highest BCUT2D eigenvalue weighted by Crippen LogP contribution is 2.46. The van der Waals surface area contributed by atoms with E-state index in [-0.39, 0.29) is 60.0 Å². The van der Waals surface area contributed by atoms with E-state index in [1.54, 1.807) is 0 Å². The lowest BCUT2D eigenvalue weighted by molar-refractivity contribution is -0.156. The zero-order valence-electron chi connectivity index (χ0n) is 26.4. The number of nitrogens with one attached hydrogen (secondary N) is 1. The van der Waals surface area contributed by atoms with Crippen LogP contribution in [0.5, 0.6) is 0 Å². The summed E-state index contributed by atoms with van der Waals surface area (Å²) in [6.45, 7) is 3.78. The van der Waals surface area contributed by atoms with Crippen molar-refractivity contribution < 1.29 is 50.1 Å². The second kappa shape index (κ2) is 13.8. The maximum atomic E-state index is 13.9. The predicted octanol–water partition coefficient (Wildman–Crippen LogP) is 4.86. The highest BCUT2D eigenvalue weighted by Gasteiger charge is 2.53. The van der Waals surface area contributed by atoms with Gasteiger partial charge in [0.1, 0.15) is 6.10 Å². The number of oxazole rings is 1. The van der Waals surface area contributed by atoms with Gasteiger partial charge in [-0.25, -0.2) is 18.2 Å². The smallest absolute Gasteiger partial charge is 0.443 e. The summed E-state index contributed by atoms with van der Waals surface area (Å²) in [7, 11) is -4.21. The van der Waals surface area contributed by atoms with E-state index in [0.717, 1.165) is 28.9 Å². The number of aliphatic hydroxyl groups excluding tert-OH is 1. The number of fused-ring (bicyclic) bond motifs is 2. The molecule has 260 valence electrons. The molecular formula is C33H38F3N3O8S. The molecule has 3 heterocycles. The molecule has 1 aromatic heterocycles. The van der Waals surface area contributed by atoms with Crippen molar-refractivity contribution in [2.45, 2.75) is 74.8 Å². The zero-order chi connectivity index (χ0) is 34.2. The molecule has 3 aliphatic rings. The molecule has 3 aromatic rings. The van der Waals surface area contributed by atoms with Crippen LogP contribution in [0, 0.1) is 17.8 Å². The first kappa shape index (κ1) is 34.4. The first-order valence-corrected chi connectivity index (χ1v) is 17.3. The Morgan fingerprint density at radius 2 is 1.81 bits per heavy atom. The number of ether oxygens (including phenoxy) is 3. The van der Waals surface area contributed by atoms with E-state index in [2.05, 4.69) is 10.3 Å². The van der Waals surface area contributed by atoms with Gasteiger partial charge in [-0.15, -0.1) is 0 Å². The maximum Gasteiger partial charge on any atom is 0.468 e. The molecule has 0 radical (unpaired) electrons. The molecular weight excluding hydrogens is 655 g/mol. The van der Waals surface area contributed by atoms with Gasteiger partial charge in [0.15, 0.2) is 12.1 Å². The minimum atomic E-state index is -4.76. The molecule has 2 saturated heterocycles. The molecule has 1 aliphatic carbocycles. The van der Waals surface area contributed by atoms with Gasteiger partial charge in [-0.1, -0.05) is 44.2 Å². The zero-order valence-corrected chi connectivity index (χ0v) is 27.2. The fraction of sp³-hybridized carbons (Fsp3) is 0.515. The number of aromatic nitrogens is 1. The Hall–Kier alpha value is -3.50. The Morgan fingerprint density at radius 1 is 1.08 bits per heavy atom. The van der Waals surface area contributed by atoms with Crippen molar-refractivity contribution in [2.24, 2.45) is 17.8 Å². The van der Waals surface area contributed by atoms with Gasteiger partial charge in [0.2, 0.25) is 10.0 Å². The Labute approximate surface area is 276 Å². The topological polar surface area (TPSA) is 140 Å². The number of carbonyl (C=O) groups excluding carboxylic acids is 1. The lowest BCUT2D eigenvalue weighted by Crippen LogP contribution is -2.53. The van der Waals surface area contributed by atoms with Crippen molar-refractivity contribution >= 4 is 16.1 Å². The number of sulfonamides is 1. The number of aliphatic hydroxyl groups is 1. The normalized spacial score (nSPS) is 25.0. The average Bonchev–Trinajstić information content (AvgIpc) is 3.65. The Morgan fingerprint density at radius 3 is 2.48 bits per heavy atom. The SMILES string of the molecule is CC(C)CN(C[C@@H](O)[C@H](Cc1ccccc1)NC(=O)OC1C2CC3C[C@@H]1COC3O2)S(=O)(=O)c1ccc(-c2cnc(C(F)(F)F)o2)cc1. The largest absolute Gasteiger partial charge is 0.468 e. The summed E-state index contributed by atoms with van der Waals surface area (Å²) in [4.78, 5) is 16.4. The summed E-state index contributed by atoms with van der Waals surface area (Å²) in [5, 5.41) is 14.3. The van der Waals surface area contributed by atoms with Gasteiger partial charge in [0.25, 0.3) is 0 Å². The Kier molecular flexibility index (Phi) is 9.87. The van der Waals surface area contributed by atoms with Crippen LogP contribution >= 0.6 is 0 Å². The second-order valence-corrected chi connectivity index (χ2v) is 15.0. The highest BCUT2D eigenvalue weighted by molar-refractivity contribution is 7.89. The number of carbonyl (C=O) groups is 1. The first-order valence-electron chi connectivity index (χ1n) is 15.9. The molecule has 15 heteroatoms. The number of nitrogens with zero attached hydrogens (tertiary/aromatic N) is 2. The molecule has 3 fully saturated rings. The van der Waals surface area contributed by atoms with Gasteiger partial charge in [0, 0.05) is 30.5 Å². The molecule has 48 heavy (non-hydrogen) atoms. The quantitative estimate of drug-likeness (QED) is 0.272. The Balaban J connectivity index is 1.18. The lowest BCUT2D eigenvalue weighted by atomic mass is 9.78. The van der Waals surface area contributed by atoms with E-state index >= 15 is 0 Å². The van der Waals surface area contributed by atoms with Crippen molar-refractivity contribution in [3.05, 3.63) is 72.2 Å². The van der Waals surface area contributed by atoms with Crippen LogP contribution < -0.4 is 5.32 Å². The van der Waals surface area contributed by atoms with Crippen molar-refractivity contribution in [3.8, 4) is 11.3 Å². The minimum Gasteiger partial charge on any atom is -0.443 e. The maximum absolute atomic E-state index is 13.9. The summed E-state index contributed by atoms with van der Waals surface area (Å²) in [6, 6.07) is 13.4. The van der Waals surface area contributed by atoms with Crippen LogP contribution in [-0.2, 0) is 36.8 Å². The summed E-state index contributed by atoms with van der Waals surface area (Å²) >= 11 is 0. The minimum absolute atomic E-state index is 0.00421. The number of hydrogen-bond donors (Lipinski definition) is 2. The fourth-order valence-corrected chi connectivity index (χ4v) is 8.30. The molecule has 1 amide bonds. The van der Waals surface area contributed by atoms with Crippen molar-refractivity contribution in [1.29, 1.82) is 0 Å². The van der Waals surface area contributed by atoms with Crippen molar-refractivity contribution in [2.75, 3.05) is 19.7 Å². The molecule has 2 N–H and O–H groups in total. The van der Waals surface area contributed by atoms with Gasteiger partial charge in [-0.2, -0.15) is 17.5 Å². The van der Waals surface area contributed by atoms with Crippen LogP contribution in [0.1, 0.15) is 38.1 Å². The fourth-order valence-electron chi connectivity index (χ4n) is 6.68. The Bertz CT molecular complexity index is 1660. The van der Waals surface area contributed by atoms with Crippen LogP contribution in [0.3, 0.4) is 0 Å². The molecule has 3 bridgehead atoms. The molecule has 1 saturated carbocycles. The molecule has 2 aliphatic heterocycles. The number of alkyl carbamates (subject to hydrolysis) is 1. The number of benzene rings is 2. The number of rotatable bonds is 12. The standard InChI is InChI=1S/C33H38F3N3O8S/c1-19(2)16-39(48(42,43)24-10-8-21(9-11-24)28-15-37-31(46-28)33(34,35)36)17-26(40)25(12-20-6-4-3-5-7-20)38-32(41)47-29-23-13-22-14-27(29)45-30(22)44-18-23/h3-11,15,19,22-23,25-27,29-30,40H,12-14,16-18H2,1-2H3,(H,38,41)/t22?,23-,25+,26-,27?,29?,30?/m1/s1. The second-order valence-electron chi connectivity index (χ2n) is 13.0. The molecule has 0 spiro atoms. The van der Waals surface area contributed by atoms with Gasteiger partial charge in [-0.05, 0) is 55.0 Å². The third-order valence-electron chi connectivity index (χ3n) is 8.93. The van der Waals surface area contributed by atoms with Crippen LogP contribution in [0.15, 0.2) is 70.1 Å². The summed E-state index contributed by atoms with van der Waals surface area (Å²) in [5.74, 6) is -1.42. The van der Waals surface area contributed by atoms with Gasteiger partial charge in [0.05, 0.1) is 35.9 Å². The summed E-state index contributed by atoms with van der Waals surface area (Å²) < 4.78 is 90.2. The van der Waals surface area contributed by atoms with Gasteiger partial charge >= 0.3 is 18.2 Å². The summed E-state index contributed by atoms with van der Waals surface area (Å²) in [5.41, 5.74) is 1.01. The monoisotopic (exact) mass is 693 g/mol. The number of halogens is 3. The van der Waals surface area contributed by atoms with E-state index in [9.17, 15) is 31.5 Å². The molecule has 4 unspecified atom stereocenters. The third kappa shape index (κ3) is 7.54. The predicted molar refractivity (Wildman–Crippen MR) is 165 cm³/mol. The number of hydrogen-bond acceptors (Lipinski definition) is 9. The van der Waals surface area contributed by atoms with Crippen molar-refractivity contribution in [1.82, 2.24) is 14.6 Å². The van der Waals surface area contributed by atoms with Crippen molar-refractivity contribution in [3.63, 3.8) is 0 Å². The summed E-state index contributed by atoms with van der Waals surface area (Å²) in [6.07, 6.45) is -5.20. The highest BCUT2D eigenvalue weighted by atomic mass is 32.2. The molecule has 11 nitrogen and oxygen atoms in total. The van der Waals surface area contributed by atoms with E-state index in [0.29, 0.717) is 12.5 Å². The average molecular weight is 694 g/mol. The van der Waals surface area contributed by atoms with E-state index in [1.807, 2.05) is 44.2 Å². The van der Waals surface area contributed by atoms with Crippen LogP contribution in [0.25, 0.3) is 11.3 Å². The van der Waals surface area contributed by atoms with Crippen LogP contribution in [-0.4, -0.2) is 79.2 Å². The third-order valence-corrected chi connectivity index (χ3v) is 10.8. The van der Waals surface area contributed by atoms with E-state index in [1.165, 1.54) is 24.3 Å². The number of amides is 1. The van der Waals surface area contributed by atoms with Gasteiger partial charge in [-0.3, -0.25) is 0 Å². The van der Waals surface area contributed by atoms with Crippen LogP contribution in [0.2, 0.25) is 0 Å². The van der Waals surface area contributed by atoms with E-state index < -0.39 is 46.4 Å².